The van der Waals surface area contributed by atoms with Crippen molar-refractivity contribution < 1.29 is 4.79 Å². The highest BCUT2D eigenvalue weighted by Crippen LogP contribution is 2.28. The molecule has 1 aromatic rings. The number of aromatic nitrogens is 2. The second kappa shape index (κ2) is 6.61. The van der Waals surface area contributed by atoms with Gasteiger partial charge in [-0.3, -0.25) is 4.79 Å². The van der Waals surface area contributed by atoms with Gasteiger partial charge < -0.3 is 5.32 Å². The summed E-state index contributed by atoms with van der Waals surface area (Å²) in [5, 5.41) is 2.78. The van der Waals surface area contributed by atoms with Gasteiger partial charge in [0.2, 0.25) is 5.91 Å². The maximum atomic E-state index is 11.8. The largest absolute Gasteiger partial charge is 0.308 e. The van der Waals surface area contributed by atoms with E-state index in [1.807, 2.05) is 0 Å². The zero-order valence-electron chi connectivity index (χ0n) is 9.96. The van der Waals surface area contributed by atoms with Gasteiger partial charge in [-0.1, -0.05) is 25.7 Å². The van der Waals surface area contributed by atoms with Gasteiger partial charge in [-0.05, 0) is 44.2 Å². The second-order valence-corrected chi connectivity index (χ2v) is 6.13. The highest BCUT2D eigenvalue weighted by atomic mass is 79.9. The number of carbonyl (C=O) groups is 1. The predicted molar refractivity (Wildman–Crippen MR) is 77.3 cm³/mol. The van der Waals surface area contributed by atoms with Gasteiger partial charge in [-0.15, -0.1) is 0 Å². The quantitative estimate of drug-likeness (QED) is 0.866. The van der Waals surface area contributed by atoms with E-state index in [4.69, 9.17) is 0 Å². The molecule has 1 aliphatic carbocycles. The first-order valence-electron chi connectivity index (χ1n) is 6.13. The second-order valence-electron chi connectivity index (χ2n) is 4.57. The molecule has 18 heavy (non-hydrogen) atoms. The van der Waals surface area contributed by atoms with Gasteiger partial charge in [-0.25, -0.2) is 9.97 Å². The van der Waals surface area contributed by atoms with E-state index in [2.05, 4.69) is 47.1 Å². The molecule has 0 aromatic carbocycles. The highest BCUT2D eigenvalue weighted by molar-refractivity contribution is 9.11. The van der Waals surface area contributed by atoms with Gasteiger partial charge in [0.15, 0.2) is 5.82 Å². The van der Waals surface area contributed by atoms with Crippen LogP contribution in [0.3, 0.4) is 0 Å². The zero-order chi connectivity index (χ0) is 13.0. The van der Waals surface area contributed by atoms with Crippen LogP contribution >= 0.6 is 31.9 Å². The summed E-state index contributed by atoms with van der Waals surface area (Å²) in [6.07, 6.45) is 8.29. The van der Waals surface area contributed by atoms with E-state index in [1.165, 1.54) is 25.7 Å². The van der Waals surface area contributed by atoms with E-state index in [0.29, 0.717) is 21.4 Å². The molecule has 98 valence electrons. The average molecular weight is 377 g/mol. The number of halogens is 2. The molecule has 1 aliphatic rings. The number of hydrogen-bond acceptors (Lipinski definition) is 3. The van der Waals surface area contributed by atoms with Crippen molar-refractivity contribution in [3.05, 3.63) is 15.4 Å². The number of nitrogens with one attached hydrogen (secondary N) is 1. The Morgan fingerprint density at radius 1 is 1.39 bits per heavy atom. The summed E-state index contributed by atoms with van der Waals surface area (Å²) in [5.74, 6) is 1.23. The molecule has 6 heteroatoms. The minimum Gasteiger partial charge on any atom is -0.308 e. The Morgan fingerprint density at radius 2 is 2.11 bits per heavy atom. The number of anilines is 1. The molecule has 1 N–H and O–H groups in total. The Kier molecular flexibility index (Phi) is 5.12. The lowest BCUT2D eigenvalue weighted by atomic mass is 10.0. The fourth-order valence-corrected chi connectivity index (χ4v) is 3.17. The van der Waals surface area contributed by atoms with Crippen LogP contribution in [0.2, 0.25) is 0 Å². The minimum atomic E-state index is 0.0132. The standard InChI is InChI=1S/C12H15Br2N3O/c13-9-7-15-12(11(14)16-9)17-10(18)6-5-8-3-1-2-4-8/h7-8H,1-6H2,(H,15,17,18). The molecule has 1 heterocycles. The summed E-state index contributed by atoms with van der Waals surface area (Å²) in [6.45, 7) is 0. The van der Waals surface area contributed by atoms with E-state index in [1.54, 1.807) is 6.20 Å². The summed E-state index contributed by atoms with van der Waals surface area (Å²) < 4.78 is 1.18. The molecule has 1 aromatic heterocycles. The molecule has 1 amide bonds. The van der Waals surface area contributed by atoms with Gasteiger partial charge in [0.05, 0.1) is 6.20 Å². The van der Waals surface area contributed by atoms with Crippen molar-refractivity contribution in [2.75, 3.05) is 5.32 Å². The van der Waals surface area contributed by atoms with E-state index in [-0.39, 0.29) is 5.91 Å². The van der Waals surface area contributed by atoms with Crippen molar-refractivity contribution in [3.63, 3.8) is 0 Å². The monoisotopic (exact) mass is 375 g/mol. The molecular formula is C12H15Br2N3O. The summed E-state index contributed by atoms with van der Waals surface area (Å²) in [6, 6.07) is 0. The van der Waals surface area contributed by atoms with E-state index < -0.39 is 0 Å². The number of nitrogens with zero attached hydrogens (tertiary/aromatic N) is 2. The molecule has 0 unspecified atom stereocenters. The Bertz CT molecular complexity index is 433. The Balaban J connectivity index is 1.82. The van der Waals surface area contributed by atoms with Crippen LogP contribution in [0.1, 0.15) is 38.5 Å². The average Bonchev–Trinajstić information content (AvgIpc) is 2.83. The summed E-state index contributed by atoms with van der Waals surface area (Å²) in [4.78, 5) is 20.0. The van der Waals surface area contributed by atoms with Crippen molar-refractivity contribution in [3.8, 4) is 0 Å². The minimum absolute atomic E-state index is 0.0132. The van der Waals surface area contributed by atoms with Crippen molar-refractivity contribution >= 4 is 43.6 Å². The van der Waals surface area contributed by atoms with Crippen molar-refractivity contribution in [2.45, 2.75) is 38.5 Å². The van der Waals surface area contributed by atoms with Gasteiger partial charge in [0.25, 0.3) is 0 Å². The molecule has 1 saturated carbocycles. The number of rotatable bonds is 4. The predicted octanol–water partition coefficient (Wildman–Crippen LogP) is 3.91. The third-order valence-corrected chi connectivity index (χ3v) is 4.15. The van der Waals surface area contributed by atoms with Gasteiger partial charge >= 0.3 is 0 Å². The Labute approximate surface area is 123 Å². The van der Waals surface area contributed by atoms with Crippen molar-refractivity contribution in [1.82, 2.24) is 9.97 Å². The third kappa shape index (κ3) is 4.02. The lowest BCUT2D eigenvalue weighted by Crippen LogP contribution is -2.14. The highest BCUT2D eigenvalue weighted by Gasteiger charge is 2.16. The molecule has 2 rings (SSSR count). The molecule has 0 aliphatic heterocycles. The van der Waals surface area contributed by atoms with Gasteiger partial charge in [0.1, 0.15) is 9.21 Å². The SMILES string of the molecule is O=C(CCC1CCCC1)Nc1ncc(Br)nc1Br. The number of amides is 1. The van der Waals surface area contributed by atoms with Gasteiger partial charge in [-0.2, -0.15) is 0 Å². The smallest absolute Gasteiger partial charge is 0.225 e. The van der Waals surface area contributed by atoms with Crippen LogP contribution in [0.4, 0.5) is 5.82 Å². The normalized spacial score (nSPS) is 15.9. The van der Waals surface area contributed by atoms with Crippen molar-refractivity contribution in [1.29, 1.82) is 0 Å². The number of carbonyl (C=O) groups excluding carboxylic acids is 1. The summed E-state index contributed by atoms with van der Waals surface area (Å²) in [5.41, 5.74) is 0. The first kappa shape index (κ1) is 13.9. The Hall–Kier alpha value is -0.490. The molecule has 0 spiro atoms. The van der Waals surface area contributed by atoms with Crippen molar-refractivity contribution in [2.24, 2.45) is 5.92 Å². The fraction of sp³-hybridized carbons (Fsp3) is 0.583. The first-order chi connectivity index (χ1) is 8.65. The van der Waals surface area contributed by atoms with Crippen LogP contribution in [0.5, 0.6) is 0 Å². The molecular weight excluding hydrogens is 362 g/mol. The molecule has 1 fully saturated rings. The maximum Gasteiger partial charge on any atom is 0.225 e. The van der Waals surface area contributed by atoms with Crippen LogP contribution in [0.15, 0.2) is 15.4 Å². The number of hydrogen-bond donors (Lipinski definition) is 1. The first-order valence-corrected chi connectivity index (χ1v) is 7.71. The van der Waals surface area contributed by atoms with E-state index >= 15 is 0 Å². The third-order valence-electron chi connectivity index (χ3n) is 3.21. The maximum absolute atomic E-state index is 11.8. The van der Waals surface area contributed by atoms with Crippen LogP contribution in [0, 0.1) is 5.92 Å². The fourth-order valence-electron chi connectivity index (χ4n) is 2.26. The Morgan fingerprint density at radius 3 is 2.78 bits per heavy atom. The zero-order valence-corrected chi connectivity index (χ0v) is 13.1. The molecule has 0 bridgehead atoms. The summed E-state index contributed by atoms with van der Waals surface area (Å²) in [7, 11) is 0. The molecule has 0 saturated heterocycles. The van der Waals surface area contributed by atoms with Crippen LogP contribution < -0.4 is 5.32 Å². The van der Waals surface area contributed by atoms with Crippen LogP contribution in [-0.2, 0) is 4.79 Å². The van der Waals surface area contributed by atoms with Crippen LogP contribution in [-0.4, -0.2) is 15.9 Å². The molecule has 0 radical (unpaired) electrons. The van der Waals surface area contributed by atoms with Gasteiger partial charge in [0, 0.05) is 6.42 Å². The lowest BCUT2D eigenvalue weighted by molar-refractivity contribution is -0.116. The lowest BCUT2D eigenvalue weighted by Gasteiger charge is -2.09. The topological polar surface area (TPSA) is 54.9 Å². The molecule has 0 atom stereocenters. The molecule has 4 nitrogen and oxygen atoms in total. The van der Waals surface area contributed by atoms with E-state index in [9.17, 15) is 4.79 Å². The van der Waals surface area contributed by atoms with E-state index in [0.717, 1.165) is 12.3 Å². The summed E-state index contributed by atoms with van der Waals surface area (Å²) >= 11 is 6.50. The van der Waals surface area contributed by atoms with Crippen LogP contribution in [0.25, 0.3) is 0 Å².